The number of benzene rings is 1. The fourth-order valence-corrected chi connectivity index (χ4v) is 1.58. The largest absolute Gasteiger partial charge is 0.494 e. The standard InChI is InChI=1S/C14H19O/c1-6-11-10-12(15-7-2)8-9-13(11)14(3,4)5/h8-10H,1,7H2,2-5H3. The van der Waals surface area contributed by atoms with Gasteiger partial charge in [-0.1, -0.05) is 33.4 Å². The first-order valence-electron chi connectivity index (χ1n) is 5.29. The summed E-state index contributed by atoms with van der Waals surface area (Å²) in [7, 11) is 0. The van der Waals surface area contributed by atoms with Crippen molar-refractivity contribution in [3.05, 3.63) is 42.0 Å². The Hall–Kier alpha value is -1.24. The minimum absolute atomic E-state index is 0.116. The molecule has 0 saturated heterocycles. The van der Waals surface area contributed by atoms with E-state index >= 15 is 0 Å². The topological polar surface area (TPSA) is 9.23 Å². The molecule has 0 N–H and O–H groups in total. The molecule has 0 saturated carbocycles. The average molecular weight is 203 g/mol. The first-order valence-corrected chi connectivity index (χ1v) is 5.29. The Balaban J connectivity index is 3.15. The van der Waals surface area contributed by atoms with Crippen LogP contribution in [0.3, 0.4) is 0 Å². The molecular formula is C14H19O. The van der Waals surface area contributed by atoms with Gasteiger partial charge in [0.1, 0.15) is 5.75 Å². The van der Waals surface area contributed by atoms with Crippen LogP contribution in [0, 0.1) is 6.08 Å². The van der Waals surface area contributed by atoms with Crippen LogP contribution in [0.25, 0.3) is 0 Å². The molecule has 0 spiro atoms. The van der Waals surface area contributed by atoms with Crippen LogP contribution in [-0.4, -0.2) is 6.61 Å². The van der Waals surface area contributed by atoms with Crippen molar-refractivity contribution in [1.82, 2.24) is 0 Å². The first kappa shape index (κ1) is 11.8. The molecule has 0 unspecified atom stereocenters. The summed E-state index contributed by atoms with van der Waals surface area (Å²) in [5, 5.41) is 0. The first-order chi connectivity index (χ1) is 6.99. The number of ether oxygens (including phenoxy) is 1. The smallest absolute Gasteiger partial charge is 0.119 e. The van der Waals surface area contributed by atoms with Gasteiger partial charge in [-0.15, -0.1) is 0 Å². The van der Waals surface area contributed by atoms with Crippen molar-refractivity contribution >= 4 is 0 Å². The lowest BCUT2D eigenvalue weighted by molar-refractivity contribution is 0.340. The molecule has 0 bridgehead atoms. The van der Waals surface area contributed by atoms with Gasteiger partial charge in [-0.2, -0.15) is 0 Å². The van der Waals surface area contributed by atoms with E-state index in [4.69, 9.17) is 4.74 Å². The molecular weight excluding hydrogens is 184 g/mol. The van der Waals surface area contributed by atoms with Gasteiger partial charge in [-0.3, -0.25) is 0 Å². The highest BCUT2D eigenvalue weighted by Crippen LogP contribution is 2.28. The van der Waals surface area contributed by atoms with Crippen LogP contribution in [0.1, 0.15) is 38.8 Å². The van der Waals surface area contributed by atoms with Crippen molar-refractivity contribution in [2.45, 2.75) is 33.1 Å². The van der Waals surface area contributed by atoms with Gasteiger partial charge in [-0.05, 0) is 41.7 Å². The molecule has 0 fully saturated rings. The Kier molecular flexibility index (Phi) is 3.57. The van der Waals surface area contributed by atoms with E-state index in [0.717, 1.165) is 11.3 Å². The number of hydrogen-bond acceptors (Lipinski definition) is 1. The SMILES string of the molecule is C=[C]c1cc(OCC)ccc1C(C)(C)C. The molecule has 0 aliphatic carbocycles. The Labute approximate surface area is 92.8 Å². The highest BCUT2D eigenvalue weighted by Gasteiger charge is 2.17. The molecule has 1 aromatic carbocycles. The van der Waals surface area contributed by atoms with E-state index in [1.807, 2.05) is 19.1 Å². The maximum atomic E-state index is 5.45. The van der Waals surface area contributed by atoms with Crippen LogP contribution in [0.15, 0.2) is 24.8 Å². The second kappa shape index (κ2) is 4.52. The summed E-state index contributed by atoms with van der Waals surface area (Å²) in [4.78, 5) is 0. The lowest BCUT2D eigenvalue weighted by Crippen LogP contribution is -2.13. The van der Waals surface area contributed by atoms with Crippen molar-refractivity contribution in [2.24, 2.45) is 0 Å². The van der Waals surface area contributed by atoms with E-state index in [2.05, 4.69) is 39.5 Å². The van der Waals surface area contributed by atoms with Crippen LogP contribution >= 0.6 is 0 Å². The lowest BCUT2D eigenvalue weighted by Gasteiger charge is -2.22. The second-order valence-corrected chi connectivity index (χ2v) is 4.57. The average Bonchev–Trinajstić information content (AvgIpc) is 2.16. The van der Waals surface area contributed by atoms with E-state index in [1.54, 1.807) is 0 Å². The molecule has 81 valence electrons. The monoisotopic (exact) mass is 203 g/mol. The zero-order valence-electron chi connectivity index (χ0n) is 10.1. The van der Waals surface area contributed by atoms with Crippen LogP contribution in [0.5, 0.6) is 5.75 Å². The van der Waals surface area contributed by atoms with Gasteiger partial charge < -0.3 is 4.74 Å². The Morgan fingerprint density at radius 1 is 1.33 bits per heavy atom. The number of rotatable bonds is 3. The zero-order valence-corrected chi connectivity index (χ0v) is 10.1. The summed E-state index contributed by atoms with van der Waals surface area (Å²) in [6.45, 7) is 12.9. The van der Waals surface area contributed by atoms with E-state index in [1.165, 1.54) is 5.56 Å². The molecule has 15 heavy (non-hydrogen) atoms. The molecule has 0 amide bonds. The highest BCUT2D eigenvalue weighted by molar-refractivity contribution is 5.42. The van der Waals surface area contributed by atoms with Crippen molar-refractivity contribution < 1.29 is 4.74 Å². The van der Waals surface area contributed by atoms with Crippen LogP contribution in [0.2, 0.25) is 0 Å². The summed E-state index contributed by atoms with van der Waals surface area (Å²) in [5.41, 5.74) is 2.40. The fourth-order valence-electron chi connectivity index (χ4n) is 1.58. The molecule has 0 atom stereocenters. The Morgan fingerprint density at radius 2 is 2.00 bits per heavy atom. The van der Waals surface area contributed by atoms with Gasteiger partial charge in [-0.25, -0.2) is 0 Å². The summed E-state index contributed by atoms with van der Waals surface area (Å²) in [6, 6.07) is 6.10. The minimum atomic E-state index is 0.116. The predicted octanol–water partition coefficient (Wildman–Crippen LogP) is 3.72. The summed E-state index contributed by atoms with van der Waals surface area (Å²) in [6.07, 6.45) is 2.97. The molecule has 1 aromatic rings. The summed E-state index contributed by atoms with van der Waals surface area (Å²) < 4.78 is 5.45. The molecule has 1 nitrogen and oxygen atoms in total. The number of hydrogen-bond donors (Lipinski definition) is 0. The minimum Gasteiger partial charge on any atom is -0.494 e. The van der Waals surface area contributed by atoms with Gasteiger partial charge in [0.25, 0.3) is 0 Å². The normalized spacial score (nSPS) is 11.2. The molecule has 1 radical (unpaired) electrons. The third-order valence-electron chi connectivity index (χ3n) is 2.30. The quantitative estimate of drug-likeness (QED) is 0.727. The van der Waals surface area contributed by atoms with Crippen LogP contribution in [-0.2, 0) is 5.41 Å². The van der Waals surface area contributed by atoms with Gasteiger partial charge in [0.15, 0.2) is 0 Å². The predicted molar refractivity (Wildman–Crippen MR) is 64.3 cm³/mol. The van der Waals surface area contributed by atoms with E-state index in [-0.39, 0.29) is 5.41 Å². The maximum Gasteiger partial charge on any atom is 0.119 e. The van der Waals surface area contributed by atoms with Gasteiger partial charge in [0.05, 0.1) is 6.61 Å². The molecule has 0 heterocycles. The molecule has 0 aromatic heterocycles. The summed E-state index contributed by atoms with van der Waals surface area (Å²) in [5.74, 6) is 0.886. The van der Waals surface area contributed by atoms with Crippen molar-refractivity contribution in [3.63, 3.8) is 0 Å². The van der Waals surface area contributed by atoms with Gasteiger partial charge in [0.2, 0.25) is 0 Å². The van der Waals surface area contributed by atoms with Crippen LogP contribution < -0.4 is 4.74 Å². The van der Waals surface area contributed by atoms with E-state index < -0.39 is 0 Å². The van der Waals surface area contributed by atoms with Crippen molar-refractivity contribution in [1.29, 1.82) is 0 Å². The van der Waals surface area contributed by atoms with Crippen molar-refractivity contribution in [3.8, 4) is 5.75 Å². The van der Waals surface area contributed by atoms with E-state index in [0.29, 0.717) is 6.61 Å². The highest BCUT2D eigenvalue weighted by atomic mass is 16.5. The Bertz CT molecular complexity index is 345. The third kappa shape index (κ3) is 2.85. The Morgan fingerprint density at radius 3 is 2.47 bits per heavy atom. The molecule has 0 aliphatic heterocycles. The molecule has 0 aliphatic rings. The van der Waals surface area contributed by atoms with Gasteiger partial charge >= 0.3 is 0 Å². The fraction of sp³-hybridized carbons (Fsp3) is 0.429. The molecule has 1 heteroatoms. The van der Waals surface area contributed by atoms with Gasteiger partial charge in [0, 0.05) is 0 Å². The summed E-state index contributed by atoms with van der Waals surface area (Å²) >= 11 is 0. The van der Waals surface area contributed by atoms with E-state index in [9.17, 15) is 0 Å². The zero-order chi connectivity index (χ0) is 11.5. The second-order valence-electron chi connectivity index (χ2n) is 4.57. The van der Waals surface area contributed by atoms with Crippen LogP contribution in [0.4, 0.5) is 0 Å². The molecule has 1 rings (SSSR count). The third-order valence-corrected chi connectivity index (χ3v) is 2.30. The maximum absolute atomic E-state index is 5.45. The lowest BCUT2D eigenvalue weighted by atomic mass is 9.84. The van der Waals surface area contributed by atoms with Crippen molar-refractivity contribution in [2.75, 3.05) is 6.61 Å².